The molecule has 1 aliphatic rings. The first-order valence-electron chi connectivity index (χ1n) is 10.4. The number of rotatable bonds is 10. The topological polar surface area (TPSA) is 69.1 Å². The molecule has 2 atom stereocenters. The Morgan fingerprint density at radius 2 is 1.83 bits per heavy atom. The van der Waals surface area contributed by atoms with Crippen LogP contribution in [0.2, 0.25) is 0 Å². The van der Waals surface area contributed by atoms with Gasteiger partial charge in [-0.2, -0.15) is 8.78 Å². The highest BCUT2D eigenvalue weighted by Gasteiger charge is 2.24. The van der Waals surface area contributed by atoms with Gasteiger partial charge in [0, 0.05) is 19.1 Å². The quantitative estimate of drug-likeness (QED) is 0.407. The maximum absolute atomic E-state index is 12.2. The maximum atomic E-state index is 12.2. The van der Waals surface area contributed by atoms with E-state index in [0.29, 0.717) is 30.0 Å². The molecule has 0 bridgehead atoms. The van der Waals surface area contributed by atoms with E-state index in [2.05, 4.69) is 34.1 Å². The van der Waals surface area contributed by atoms with E-state index in [0.717, 1.165) is 19.6 Å². The zero-order chi connectivity index (χ0) is 21.2. The van der Waals surface area contributed by atoms with Crippen molar-refractivity contribution >= 4 is 5.96 Å². The van der Waals surface area contributed by atoms with E-state index in [1.54, 1.807) is 12.1 Å². The van der Waals surface area contributed by atoms with Crippen LogP contribution in [0.5, 0.6) is 5.75 Å². The Bertz CT molecular complexity index is 620. The fourth-order valence-corrected chi connectivity index (χ4v) is 3.53. The standard InChI is InChI=1S/C21H34F2N4O2/c1-4-24-21(25-13-18(15(2)3)27-11-5-6-12-27)26-14-19(28)16-7-9-17(10-8-16)29-20(22)23/h7-10,15,18-20,28H,4-6,11-14H2,1-3H3,(H2,24,25,26). The summed E-state index contributed by atoms with van der Waals surface area (Å²) in [5.41, 5.74) is 0.618. The van der Waals surface area contributed by atoms with Crippen molar-refractivity contribution in [2.24, 2.45) is 10.9 Å². The first-order valence-corrected chi connectivity index (χ1v) is 10.4. The number of alkyl halides is 2. The Balaban J connectivity index is 1.92. The van der Waals surface area contributed by atoms with Gasteiger partial charge in [-0.1, -0.05) is 26.0 Å². The molecule has 1 saturated heterocycles. The predicted octanol–water partition coefficient (Wildman–Crippen LogP) is 3.00. The summed E-state index contributed by atoms with van der Waals surface area (Å²) >= 11 is 0. The van der Waals surface area contributed by atoms with Gasteiger partial charge in [-0.15, -0.1) is 0 Å². The number of aliphatic hydroxyl groups is 1. The molecule has 1 fully saturated rings. The van der Waals surface area contributed by atoms with Crippen LogP contribution in [-0.2, 0) is 0 Å². The molecule has 1 aromatic rings. The molecule has 1 aromatic carbocycles. The fraction of sp³-hybridized carbons (Fsp3) is 0.667. The summed E-state index contributed by atoms with van der Waals surface area (Å²) in [4.78, 5) is 7.24. The maximum Gasteiger partial charge on any atom is 0.387 e. The third-order valence-electron chi connectivity index (χ3n) is 5.11. The third-order valence-corrected chi connectivity index (χ3v) is 5.11. The van der Waals surface area contributed by atoms with E-state index < -0.39 is 12.7 Å². The van der Waals surface area contributed by atoms with Crippen LogP contribution in [-0.4, -0.2) is 61.3 Å². The largest absolute Gasteiger partial charge is 0.435 e. The highest BCUT2D eigenvalue weighted by atomic mass is 19.3. The lowest BCUT2D eigenvalue weighted by Gasteiger charge is -2.29. The van der Waals surface area contributed by atoms with Crippen LogP contribution in [0, 0.1) is 5.92 Å². The third kappa shape index (κ3) is 7.78. The molecule has 0 radical (unpaired) electrons. The number of hydrogen-bond donors (Lipinski definition) is 3. The van der Waals surface area contributed by atoms with Crippen LogP contribution < -0.4 is 15.4 Å². The summed E-state index contributed by atoms with van der Waals surface area (Å²) in [6, 6.07) is 6.41. The minimum Gasteiger partial charge on any atom is -0.435 e. The molecule has 2 rings (SSSR count). The SMILES string of the molecule is CCNC(=NCC(C(C)C)N1CCCC1)NCC(O)c1ccc(OC(F)F)cc1. The van der Waals surface area contributed by atoms with Gasteiger partial charge in [0.05, 0.1) is 12.6 Å². The number of likely N-dealkylation sites (tertiary alicyclic amines) is 1. The number of hydrogen-bond acceptors (Lipinski definition) is 4. The molecule has 0 saturated carbocycles. The molecule has 1 aliphatic heterocycles. The van der Waals surface area contributed by atoms with Gasteiger partial charge in [0.1, 0.15) is 5.75 Å². The van der Waals surface area contributed by atoms with Gasteiger partial charge >= 0.3 is 6.61 Å². The highest BCUT2D eigenvalue weighted by molar-refractivity contribution is 5.79. The summed E-state index contributed by atoms with van der Waals surface area (Å²) in [6.07, 6.45) is 1.70. The zero-order valence-corrected chi connectivity index (χ0v) is 17.6. The van der Waals surface area contributed by atoms with Gasteiger partial charge in [-0.25, -0.2) is 0 Å². The van der Waals surface area contributed by atoms with Crippen LogP contribution >= 0.6 is 0 Å². The van der Waals surface area contributed by atoms with Gasteiger partial charge in [-0.3, -0.25) is 9.89 Å². The summed E-state index contributed by atoms with van der Waals surface area (Å²) in [7, 11) is 0. The van der Waals surface area contributed by atoms with Crippen molar-refractivity contribution in [1.29, 1.82) is 0 Å². The monoisotopic (exact) mass is 412 g/mol. The fourth-order valence-electron chi connectivity index (χ4n) is 3.53. The molecule has 0 aromatic heterocycles. The molecular formula is C21H34F2N4O2. The number of nitrogens with one attached hydrogen (secondary N) is 2. The minimum atomic E-state index is -2.86. The van der Waals surface area contributed by atoms with Gasteiger partial charge < -0.3 is 20.5 Å². The number of nitrogens with zero attached hydrogens (tertiary/aromatic N) is 2. The average molecular weight is 413 g/mol. The van der Waals surface area contributed by atoms with Crippen molar-refractivity contribution in [1.82, 2.24) is 15.5 Å². The van der Waals surface area contributed by atoms with Gasteiger partial charge in [0.25, 0.3) is 0 Å². The number of ether oxygens (including phenoxy) is 1. The van der Waals surface area contributed by atoms with Crippen molar-refractivity contribution in [3.05, 3.63) is 29.8 Å². The van der Waals surface area contributed by atoms with E-state index in [4.69, 9.17) is 4.99 Å². The van der Waals surface area contributed by atoms with E-state index in [1.807, 2.05) is 6.92 Å². The summed E-state index contributed by atoms with van der Waals surface area (Å²) in [5, 5.41) is 16.8. The lowest BCUT2D eigenvalue weighted by atomic mass is 10.0. The second-order valence-corrected chi connectivity index (χ2v) is 7.62. The molecule has 1 heterocycles. The Kier molecular flexibility index (Phi) is 9.60. The van der Waals surface area contributed by atoms with Crippen molar-refractivity contribution in [3.8, 4) is 5.75 Å². The van der Waals surface area contributed by atoms with E-state index in [-0.39, 0.29) is 12.3 Å². The number of benzene rings is 1. The molecule has 0 spiro atoms. The van der Waals surface area contributed by atoms with Crippen molar-refractivity contribution in [3.63, 3.8) is 0 Å². The Labute approximate surface area is 172 Å². The minimum absolute atomic E-state index is 0.0699. The first kappa shape index (κ1) is 23.3. The molecular weight excluding hydrogens is 378 g/mol. The Morgan fingerprint density at radius 1 is 1.17 bits per heavy atom. The van der Waals surface area contributed by atoms with Gasteiger partial charge in [0.15, 0.2) is 5.96 Å². The second kappa shape index (κ2) is 11.9. The molecule has 0 amide bonds. The van der Waals surface area contributed by atoms with Crippen LogP contribution in [0.4, 0.5) is 8.78 Å². The highest BCUT2D eigenvalue weighted by Crippen LogP contribution is 2.19. The van der Waals surface area contributed by atoms with Crippen LogP contribution in [0.3, 0.4) is 0 Å². The number of aliphatic imine (C=N–C) groups is 1. The molecule has 6 nitrogen and oxygen atoms in total. The van der Waals surface area contributed by atoms with Crippen molar-refractivity contribution in [2.75, 3.05) is 32.7 Å². The molecule has 164 valence electrons. The Morgan fingerprint density at radius 3 is 2.38 bits per heavy atom. The van der Waals surface area contributed by atoms with Crippen LogP contribution in [0.15, 0.2) is 29.3 Å². The smallest absolute Gasteiger partial charge is 0.387 e. The second-order valence-electron chi connectivity index (χ2n) is 7.62. The van der Waals surface area contributed by atoms with E-state index in [1.165, 1.54) is 25.0 Å². The summed E-state index contributed by atoms with van der Waals surface area (Å²) < 4.78 is 28.8. The Hall–Kier alpha value is -1.93. The molecule has 2 unspecified atom stereocenters. The number of halogens is 2. The van der Waals surface area contributed by atoms with Gasteiger partial charge in [0.2, 0.25) is 0 Å². The van der Waals surface area contributed by atoms with Crippen molar-refractivity contribution in [2.45, 2.75) is 52.4 Å². The zero-order valence-electron chi connectivity index (χ0n) is 17.6. The first-order chi connectivity index (χ1) is 13.9. The van der Waals surface area contributed by atoms with Crippen LogP contribution in [0.25, 0.3) is 0 Å². The molecule has 8 heteroatoms. The predicted molar refractivity (Wildman–Crippen MR) is 111 cm³/mol. The lowest BCUT2D eigenvalue weighted by molar-refractivity contribution is -0.0498. The molecule has 29 heavy (non-hydrogen) atoms. The average Bonchev–Trinajstić information content (AvgIpc) is 3.20. The van der Waals surface area contributed by atoms with Crippen molar-refractivity contribution < 1.29 is 18.6 Å². The van der Waals surface area contributed by atoms with E-state index >= 15 is 0 Å². The molecule has 0 aliphatic carbocycles. The van der Waals surface area contributed by atoms with Gasteiger partial charge in [-0.05, 0) is 56.5 Å². The summed E-state index contributed by atoms with van der Waals surface area (Å²) in [6.45, 7) is 7.53. The van der Waals surface area contributed by atoms with Crippen LogP contribution in [0.1, 0.15) is 45.3 Å². The lowest BCUT2D eigenvalue weighted by Crippen LogP contribution is -2.43. The number of aliphatic hydroxyl groups excluding tert-OH is 1. The normalized spacial score (nSPS) is 17.6. The summed E-state index contributed by atoms with van der Waals surface area (Å²) in [5.74, 6) is 1.24. The van der Waals surface area contributed by atoms with E-state index in [9.17, 15) is 13.9 Å². The molecule has 3 N–H and O–H groups in total. The number of guanidine groups is 1.